The average molecular weight is 190 g/mol. The fourth-order valence-electron chi connectivity index (χ4n) is 0.795. The molecule has 0 aliphatic rings. The van der Waals surface area contributed by atoms with Gasteiger partial charge in [0.05, 0.1) is 6.61 Å². The number of ether oxygens (including phenoxy) is 3. The van der Waals surface area contributed by atoms with Crippen LogP contribution in [0.3, 0.4) is 0 Å². The molecule has 0 saturated carbocycles. The first-order valence-electron chi connectivity index (χ1n) is 3.88. The molecule has 0 amide bonds. The van der Waals surface area contributed by atoms with Crippen LogP contribution < -0.4 is 0 Å². The van der Waals surface area contributed by atoms with Crippen LogP contribution in [0.1, 0.15) is 6.92 Å². The lowest BCUT2D eigenvalue weighted by Crippen LogP contribution is -2.36. The van der Waals surface area contributed by atoms with Gasteiger partial charge in [-0.2, -0.15) is 0 Å². The van der Waals surface area contributed by atoms with Crippen LogP contribution in [0.25, 0.3) is 0 Å². The largest absolute Gasteiger partial charge is 0.464 e. The quantitative estimate of drug-likeness (QED) is 0.428. The number of hydrogen-bond donors (Lipinski definition) is 0. The van der Waals surface area contributed by atoms with Crippen molar-refractivity contribution in [3.63, 3.8) is 0 Å². The molecule has 0 aromatic heterocycles. The minimum absolute atomic E-state index is 0.155. The number of carbonyl (C=O) groups excluding carboxylic acids is 2. The van der Waals surface area contributed by atoms with Gasteiger partial charge in [-0.3, -0.25) is 4.79 Å². The van der Waals surface area contributed by atoms with E-state index < -0.39 is 17.9 Å². The summed E-state index contributed by atoms with van der Waals surface area (Å²) in [6, 6.07) is 0. The lowest BCUT2D eigenvalue weighted by molar-refractivity contribution is -0.160. The Labute approximate surface area is 77.0 Å². The van der Waals surface area contributed by atoms with Crippen LogP contribution in [0.2, 0.25) is 0 Å². The van der Waals surface area contributed by atoms with Crippen molar-refractivity contribution >= 4 is 11.8 Å². The maximum absolute atomic E-state index is 11.1. The van der Waals surface area contributed by atoms with Crippen molar-refractivity contribution in [3.8, 4) is 0 Å². The highest BCUT2D eigenvalue weighted by Gasteiger charge is 2.26. The zero-order valence-corrected chi connectivity index (χ0v) is 8.03. The highest BCUT2D eigenvalue weighted by Crippen LogP contribution is 1.96. The van der Waals surface area contributed by atoms with E-state index in [1.807, 2.05) is 0 Å². The van der Waals surface area contributed by atoms with Crippen LogP contribution in [0.5, 0.6) is 0 Å². The Balaban J connectivity index is 4.15. The second-order valence-corrected chi connectivity index (χ2v) is 2.27. The van der Waals surface area contributed by atoms with Gasteiger partial charge in [0.15, 0.2) is 5.78 Å². The van der Waals surface area contributed by atoms with Crippen LogP contribution in [-0.2, 0) is 23.8 Å². The van der Waals surface area contributed by atoms with Crippen molar-refractivity contribution < 1.29 is 23.8 Å². The Bertz CT molecular complexity index is 159. The molecule has 0 aliphatic carbocycles. The summed E-state index contributed by atoms with van der Waals surface area (Å²) in [7, 11) is 2.64. The molecular weight excluding hydrogens is 176 g/mol. The number of ketones is 1. The molecule has 0 N–H and O–H groups in total. The topological polar surface area (TPSA) is 61.8 Å². The number of hydrogen-bond acceptors (Lipinski definition) is 5. The third-order valence-electron chi connectivity index (χ3n) is 1.32. The van der Waals surface area contributed by atoms with E-state index in [2.05, 4.69) is 14.2 Å². The molecule has 0 aromatic rings. The average Bonchev–Trinajstić information content (AvgIpc) is 2.06. The molecule has 13 heavy (non-hydrogen) atoms. The van der Waals surface area contributed by atoms with Gasteiger partial charge in [0, 0.05) is 14.2 Å². The van der Waals surface area contributed by atoms with E-state index in [0.29, 0.717) is 0 Å². The second kappa shape index (κ2) is 6.56. The molecule has 5 heteroatoms. The Morgan fingerprint density at radius 3 is 2.31 bits per heavy atom. The fourth-order valence-corrected chi connectivity index (χ4v) is 0.795. The van der Waals surface area contributed by atoms with E-state index in [9.17, 15) is 9.59 Å². The van der Waals surface area contributed by atoms with Crippen LogP contribution in [0.15, 0.2) is 0 Å². The number of Topliss-reactive ketones (excluding diaryl/α,β-unsaturated/α-hetero) is 1. The Morgan fingerprint density at radius 1 is 1.31 bits per heavy atom. The zero-order valence-electron chi connectivity index (χ0n) is 8.03. The summed E-state index contributed by atoms with van der Waals surface area (Å²) in [4.78, 5) is 22.2. The highest BCUT2D eigenvalue weighted by molar-refractivity contribution is 6.02. The Hall–Kier alpha value is -0.940. The van der Waals surface area contributed by atoms with Gasteiger partial charge in [0.1, 0.15) is 6.61 Å². The predicted molar refractivity (Wildman–Crippen MR) is 44.3 cm³/mol. The van der Waals surface area contributed by atoms with Crippen molar-refractivity contribution in [2.24, 2.45) is 0 Å². The predicted octanol–water partition coefficient (Wildman–Crippen LogP) is -0.220. The van der Waals surface area contributed by atoms with E-state index in [4.69, 9.17) is 0 Å². The molecule has 0 saturated heterocycles. The first-order chi connectivity index (χ1) is 6.17. The van der Waals surface area contributed by atoms with Gasteiger partial charge in [0.2, 0.25) is 6.10 Å². The SMILES string of the molecule is CCOC(=O)C(OC)C(=O)COC. The van der Waals surface area contributed by atoms with Crippen molar-refractivity contribution in [2.45, 2.75) is 13.0 Å². The molecule has 0 bridgehead atoms. The first kappa shape index (κ1) is 12.1. The van der Waals surface area contributed by atoms with Gasteiger partial charge in [0.25, 0.3) is 0 Å². The molecule has 0 aromatic carbocycles. The normalized spacial score (nSPS) is 12.2. The zero-order chi connectivity index (χ0) is 10.3. The molecule has 0 aliphatic heterocycles. The molecule has 0 rings (SSSR count). The number of carbonyl (C=O) groups is 2. The summed E-state index contributed by atoms with van der Waals surface area (Å²) in [6.45, 7) is 1.72. The standard InChI is InChI=1S/C8H14O5/c1-4-13-8(10)7(12-3)6(9)5-11-2/h7H,4-5H2,1-3H3. The maximum atomic E-state index is 11.1. The van der Waals surface area contributed by atoms with Crippen LogP contribution in [-0.4, -0.2) is 45.3 Å². The summed E-state index contributed by atoms with van der Waals surface area (Å²) in [6.07, 6.45) is -1.17. The lowest BCUT2D eigenvalue weighted by atomic mass is 10.2. The van der Waals surface area contributed by atoms with Gasteiger partial charge >= 0.3 is 5.97 Å². The minimum Gasteiger partial charge on any atom is -0.464 e. The molecule has 5 nitrogen and oxygen atoms in total. The molecule has 1 atom stereocenters. The van der Waals surface area contributed by atoms with E-state index in [1.165, 1.54) is 14.2 Å². The highest BCUT2D eigenvalue weighted by atomic mass is 16.6. The number of rotatable bonds is 6. The van der Waals surface area contributed by atoms with E-state index in [1.54, 1.807) is 6.92 Å². The van der Waals surface area contributed by atoms with Gasteiger partial charge in [-0.05, 0) is 6.92 Å². The molecule has 1 unspecified atom stereocenters. The monoisotopic (exact) mass is 190 g/mol. The Kier molecular flexibility index (Phi) is 6.09. The van der Waals surface area contributed by atoms with Gasteiger partial charge in [-0.25, -0.2) is 4.79 Å². The molecule has 0 fully saturated rings. The molecule has 0 heterocycles. The van der Waals surface area contributed by atoms with Crippen LogP contribution >= 0.6 is 0 Å². The summed E-state index contributed by atoms with van der Waals surface area (Å²) in [5, 5.41) is 0. The van der Waals surface area contributed by atoms with Crippen molar-refractivity contribution in [2.75, 3.05) is 27.4 Å². The van der Waals surface area contributed by atoms with Gasteiger partial charge in [-0.1, -0.05) is 0 Å². The summed E-state index contributed by atoms with van der Waals surface area (Å²) < 4.78 is 13.9. The third kappa shape index (κ3) is 4.00. The van der Waals surface area contributed by atoms with Crippen LogP contribution in [0, 0.1) is 0 Å². The summed E-state index contributed by atoms with van der Waals surface area (Å²) >= 11 is 0. The number of methoxy groups -OCH3 is 2. The third-order valence-corrected chi connectivity index (χ3v) is 1.32. The lowest BCUT2D eigenvalue weighted by Gasteiger charge is -2.11. The van der Waals surface area contributed by atoms with Crippen molar-refractivity contribution in [1.29, 1.82) is 0 Å². The summed E-state index contributed by atoms with van der Waals surface area (Å²) in [5.41, 5.74) is 0. The molecule has 0 radical (unpaired) electrons. The molecular formula is C8H14O5. The van der Waals surface area contributed by atoms with Crippen LogP contribution in [0.4, 0.5) is 0 Å². The van der Waals surface area contributed by atoms with E-state index in [0.717, 1.165) is 0 Å². The Morgan fingerprint density at radius 2 is 1.92 bits per heavy atom. The molecule has 0 spiro atoms. The first-order valence-corrected chi connectivity index (χ1v) is 3.88. The van der Waals surface area contributed by atoms with E-state index in [-0.39, 0.29) is 13.2 Å². The fraction of sp³-hybridized carbons (Fsp3) is 0.750. The van der Waals surface area contributed by atoms with Gasteiger partial charge < -0.3 is 14.2 Å². The smallest absolute Gasteiger partial charge is 0.343 e. The van der Waals surface area contributed by atoms with Crippen molar-refractivity contribution in [3.05, 3.63) is 0 Å². The number of esters is 1. The van der Waals surface area contributed by atoms with Gasteiger partial charge in [-0.15, -0.1) is 0 Å². The second-order valence-electron chi connectivity index (χ2n) is 2.27. The van der Waals surface area contributed by atoms with E-state index >= 15 is 0 Å². The van der Waals surface area contributed by atoms with Crippen molar-refractivity contribution in [1.82, 2.24) is 0 Å². The maximum Gasteiger partial charge on any atom is 0.343 e. The molecule has 76 valence electrons. The summed E-state index contributed by atoms with van der Waals surface area (Å²) in [5.74, 6) is -1.12. The minimum atomic E-state index is -1.17.